The van der Waals surface area contributed by atoms with Gasteiger partial charge in [-0.2, -0.15) is 0 Å². The molecule has 21 heavy (non-hydrogen) atoms. The number of fused-ring (bicyclic) bond motifs is 1. The number of aromatic amines is 1. The average molecular weight is 288 g/mol. The van der Waals surface area contributed by atoms with Crippen molar-refractivity contribution in [3.63, 3.8) is 0 Å². The molecule has 3 heterocycles. The lowest BCUT2D eigenvalue weighted by Gasteiger charge is -2.35. The maximum Gasteiger partial charge on any atom is 0.182 e. The lowest BCUT2D eigenvalue weighted by Crippen LogP contribution is -2.40. The zero-order valence-corrected chi connectivity index (χ0v) is 12.7. The van der Waals surface area contributed by atoms with Gasteiger partial charge in [-0.05, 0) is 32.2 Å². The monoisotopic (exact) mass is 288 g/mol. The summed E-state index contributed by atoms with van der Waals surface area (Å²) in [5.41, 5.74) is 1.61. The van der Waals surface area contributed by atoms with Crippen molar-refractivity contribution in [3.05, 3.63) is 12.7 Å². The Morgan fingerprint density at radius 3 is 3.19 bits per heavy atom. The van der Waals surface area contributed by atoms with E-state index in [1.807, 2.05) is 0 Å². The summed E-state index contributed by atoms with van der Waals surface area (Å²) in [6.07, 6.45) is 9.73. The number of likely N-dealkylation sites (tertiary alicyclic amines) is 1. The van der Waals surface area contributed by atoms with E-state index >= 15 is 0 Å². The highest BCUT2D eigenvalue weighted by Crippen LogP contribution is 2.19. The van der Waals surface area contributed by atoms with Crippen LogP contribution in [0, 0.1) is 0 Å². The summed E-state index contributed by atoms with van der Waals surface area (Å²) in [5, 5.41) is 3.40. The summed E-state index contributed by atoms with van der Waals surface area (Å²) in [6.45, 7) is 5.66. The van der Waals surface area contributed by atoms with E-state index in [-0.39, 0.29) is 0 Å². The summed E-state index contributed by atoms with van der Waals surface area (Å²) >= 11 is 0. The van der Waals surface area contributed by atoms with Gasteiger partial charge < -0.3 is 15.2 Å². The number of hydrogen-bond donors (Lipinski definition) is 2. The molecule has 0 saturated carbocycles. The first-order valence-corrected chi connectivity index (χ1v) is 8.00. The van der Waals surface area contributed by atoms with Crippen LogP contribution >= 0.6 is 0 Å². The van der Waals surface area contributed by atoms with Crippen LogP contribution in [0.15, 0.2) is 12.7 Å². The van der Waals surface area contributed by atoms with Gasteiger partial charge in [0.2, 0.25) is 0 Å². The highest BCUT2D eigenvalue weighted by atomic mass is 15.2. The molecule has 2 aromatic heterocycles. The molecule has 1 saturated heterocycles. The third-order valence-corrected chi connectivity index (χ3v) is 4.36. The smallest absolute Gasteiger partial charge is 0.182 e. The third kappa shape index (κ3) is 3.32. The number of nitrogens with zero attached hydrogens (tertiary/aromatic N) is 4. The van der Waals surface area contributed by atoms with Crippen molar-refractivity contribution in [3.8, 4) is 0 Å². The van der Waals surface area contributed by atoms with E-state index in [0.29, 0.717) is 0 Å². The zero-order chi connectivity index (χ0) is 14.5. The van der Waals surface area contributed by atoms with Crippen molar-refractivity contribution in [1.82, 2.24) is 24.8 Å². The van der Waals surface area contributed by atoms with Gasteiger partial charge in [0.15, 0.2) is 11.5 Å². The molecule has 0 radical (unpaired) electrons. The molecule has 0 amide bonds. The molecule has 1 aliphatic heterocycles. The van der Waals surface area contributed by atoms with Gasteiger partial charge in [0.1, 0.15) is 11.8 Å². The second-order valence-corrected chi connectivity index (χ2v) is 5.70. The Morgan fingerprint density at radius 2 is 2.29 bits per heavy atom. The molecule has 6 heteroatoms. The van der Waals surface area contributed by atoms with E-state index in [1.54, 1.807) is 12.7 Å². The molecule has 1 atom stereocenters. The molecule has 6 nitrogen and oxygen atoms in total. The Hall–Kier alpha value is -1.69. The Balaban J connectivity index is 1.49. The van der Waals surface area contributed by atoms with Crippen LogP contribution in [0.4, 0.5) is 5.82 Å². The maximum absolute atomic E-state index is 4.29. The van der Waals surface area contributed by atoms with Crippen LogP contribution in [0.3, 0.4) is 0 Å². The van der Waals surface area contributed by atoms with Gasteiger partial charge in [-0.15, -0.1) is 0 Å². The predicted octanol–water partition coefficient (Wildman–Crippen LogP) is 2.42. The first kappa shape index (κ1) is 14.3. The Kier molecular flexibility index (Phi) is 4.65. The SMILES string of the molecule is CCC1CCCCN1CCCNc1ncnc2nc[nH]c12. The number of piperidine rings is 1. The number of hydrogen-bond acceptors (Lipinski definition) is 5. The molecule has 0 spiro atoms. The van der Waals surface area contributed by atoms with Gasteiger partial charge in [-0.1, -0.05) is 13.3 Å². The average Bonchev–Trinajstić information content (AvgIpc) is 3.01. The standard InChI is InChI=1S/C15H24N6/c1-2-12-6-3-4-8-21(12)9-5-7-16-14-13-15(18-10-17-13)20-11-19-14/h10-12H,2-9H2,1H3,(H2,16,17,18,19,20). The van der Waals surface area contributed by atoms with Crippen molar-refractivity contribution < 1.29 is 0 Å². The molecule has 1 fully saturated rings. The Labute approximate surface area is 125 Å². The molecule has 1 aliphatic rings. The van der Waals surface area contributed by atoms with E-state index < -0.39 is 0 Å². The van der Waals surface area contributed by atoms with E-state index in [4.69, 9.17) is 0 Å². The fraction of sp³-hybridized carbons (Fsp3) is 0.667. The molecule has 3 rings (SSSR count). The van der Waals surface area contributed by atoms with E-state index in [2.05, 4.69) is 37.1 Å². The number of aromatic nitrogens is 4. The molecule has 0 bridgehead atoms. The first-order valence-electron chi connectivity index (χ1n) is 8.00. The van der Waals surface area contributed by atoms with Crippen LogP contribution in [0.5, 0.6) is 0 Å². The van der Waals surface area contributed by atoms with Crippen LogP contribution < -0.4 is 5.32 Å². The molecule has 2 aromatic rings. The van der Waals surface area contributed by atoms with Gasteiger partial charge in [0, 0.05) is 19.1 Å². The summed E-state index contributed by atoms with van der Waals surface area (Å²) in [5.74, 6) is 0.850. The zero-order valence-electron chi connectivity index (χ0n) is 12.7. The minimum atomic E-state index is 0.717. The van der Waals surface area contributed by atoms with Crippen molar-refractivity contribution >= 4 is 17.0 Å². The summed E-state index contributed by atoms with van der Waals surface area (Å²) < 4.78 is 0. The minimum Gasteiger partial charge on any atom is -0.368 e. The van der Waals surface area contributed by atoms with Gasteiger partial charge in [-0.25, -0.2) is 15.0 Å². The third-order valence-electron chi connectivity index (χ3n) is 4.36. The van der Waals surface area contributed by atoms with Crippen LogP contribution in [0.2, 0.25) is 0 Å². The lowest BCUT2D eigenvalue weighted by atomic mass is 10.00. The topological polar surface area (TPSA) is 69.7 Å². The predicted molar refractivity (Wildman–Crippen MR) is 84.3 cm³/mol. The molecule has 114 valence electrons. The van der Waals surface area contributed by atoms with Gasteiger partial charge in [-0.3, -0.25) is 0 Å². The van der Waals surface area contributed by atoms with Gasteiger partial charge >= 0.3 is 0 Å². The van der Waals surface area contributed by atoms with Gasteiger partial charge in [0.05, 0.1) is 6.33 Å². The summed E-state index contributed by atoms with van der Waals surface area (Å²) in [7, 11) is 0. The fourth-order valence-electron chi connectivity index (χ4n) is 3.20. The van der Waals surface area contributed by atoms with Crippen LogP contribution in [-0.4, -0.2) is 50.5 Å². The highest BCUT2D eigenvalue weighted by Gasteiger charge is 2.19. The van der Waals surface area contributed by atoms with Crippen molar-refractivity contribution in [2.45, 2.75) is 45.1 Å². The van der Waals surface area contributed by atoms with Crippen molar-refractivity contribution in [2.24, 2.45) is 0 Å². The van der Waals surface area contributed by atoms with Crippen LogP contribution in [0.25, 0.3) is 11.2 Å². The Morgan fingerprint density at radius 1 is 1.33 bits per heavy atom. The number of nitrogens with one attached hydrogen (secondary N) is 2. The number of H-pyrrole nitrogens is 1. The van der Waals surface area contributed by atoms with Crippen molar-refractivity contribution in [1.29, 1.82) is 0 Å². The molecule has 0 aromatic carbocycles. The molecule has 0 aliphatic carbocycles. The summed E-state index contributed by atoms with van der Waals surface area (Å²) in [4.78, 5) is 18.3. The number of imidazole rings is 1. The van der Waals surface area contributed by atoms with Crippen molar-refractivity contribution in [2.75, 3.05) is 25.0 Å². The van der Waals surface area contributed by atoms with E-state index in [1.165, 1.54) is 38.8 Å². The van der Waals surface area contributed by atoms with E-state index in [9.17, 15) is 0 Å². The van der Waals surface area contributed by atoms with Crippen LogP contribution in [-0.2, 0) is 0 Å². The highest BCUT2D eigenvalue weighted by molar-refractivity contribution is 5.81. The second-order valence-electron chi connectivity index (χ2n) is 5.70. The summed E-state index contributed by atoms with van der Waals surface area (Å²) in [6, 6.07) is 0.789. The molecule has 1 unspecified atom stereocenters. The maximum atomic E-state index is 4.29. The molecule has 2 N–H and O–H groups in total. The largest absolute Gasteiger partial charge is 0.368 e. The Bertz CT molecular complexity index is 566. The van der Waals surface area contributed by atoms with E-state index in [0.717, 1.165) is 36.0 Å². The number of rotatable bonds is 6. The fourth-order valence-corrected chi connectivity index (χ4v) is 3.20. The first-order chi connectivity index (χ1) is 10.4. The lowest BCUT2D eigenvalue weighted by molar-refractivity contribution is 0.144. The normalized spacial score (nSPS) is 20.0. The van der Waals surface area contributed by atoms with Crippen LogP contribution in [0.1, 0.15) is 39.0 Å². The quantitative estimate of drug-likeness (QED) is 0.799. The van der Waals surface area contributed by atoms with Gasteiger partial charge in [0.25, 0.3) is 0 Å². The second kappa shape index (κ2) is 6.85. The number of anilines is 1. The molecular formula is C15H24N6. The molecular weight excluding hydrogens is 264 g/mol. The minimum absolute atomic E-state index is 0.717.